The van der Waals surface area contributed by atoms with Crippen molar-refractivity contribution >= 4 is 0 Å². The van der Waals surface area contributed by atoms with Crippen LogP contribution in [0.2, 0.25) is 0 Å². The molecule has 0 spiro atoms. The molecule has 0 bridgehead atoms. The molecule has 0 atom stereocenters. The Morgan fingerprint density at radius 2 is 2.00 bits per heavy atom. The van der Waals surface area contributed by atoms with E-state index in [2.05, 4.69) is 0 Å². The molecule has 0 radical (unpaired) electrons. The molecule has 0 unspecified atom stereocenters. The molecular formula is C3H8N4O4. The average Bonchev–Trinajstić information content (AvgIpc) is 1.87. The average molecular weight is 164 g/mol. The first-order chi connectivity index (χ1) is 5.07. The van der Waals surface area contributed by atoms with Crippen molar-refractivity contribution in [2.24, 2.45) is 0 Å². The van der Waals surface area contributed by atoms with Gasteiger partial charge in [0.15, 0.2) is 10.1 Å². The fourth-order valence-corrected chi connectivity index (χ4v) is 0.424. The van der Waals surface area contributed by atoms with Crippen LogP contribution in [0.5, 0.6) is 0 Å². The highest BCUT2D eigenvalue weighted by atomic mass is 16.7. The monoisotopic (exact) mass is 164 g/mol. The summed E-state index contributed by atoms with van der Waals surface area (Å²) in [5.41, 5.74) is 1.68. The molecule has 0 aromatic carbocycles. The Bertz CT molecular complexity index is 159. The largest absolute Gasteiger partial charge is 0.235 e. The van der Waals surface area contributed by atoms with Crippen molar-refractivity contribution in [3.05, 3.63) is 20.2 Å². The van der Waals surface area contributed by atoms with E-state index in [0.29, 0.717) is 5.01 Å². The molecule has 64 valence electrons. The number of hydrogen-bond donors (Lipinski definition) is 1. The van der Waals surface area contributed by atoms with Gasteiger partial charge in [0.1, 0.15) is 0 Å². The molecule has 0 aromatic rings. The van der Waals surface area contributed by atoms with Crippen LogP contribution in [0.15, 0.2) is 0 Å². The molecule has 11 heavy (non-hydrogen) atoms. The number of nitro groups is 2. The van der Waals surface area contributed by atoms with Crippen molar-refractivity contribution in [3.63, 3.8) is 0 Å². The van der Waals surface area contributed by atoms with Crippen LogP contribution >= 0.6 is 0 Å². The topological polar surface area (TPSA) is 102 Å². The number of nitrogens with one attached hydrogen (secondary N) is 1. The van der Waals surface area contributed by atoms with Gasteiger partial charge in [-0.3, -0.25) is 0 Å². The van der Waals surface area contributed by atoms with Gasteiger partial charge in [-0.25, -0.2) is 20.2 Å². The second-order valence-corrected chi connectivity index (χ2v) is 1.63. The maximum atomic E-state index is 10.0. The molecule has 1 N–H and O–H groups in total. The predicted octanol–water partition coefficient (Wildman–Crippen LogP) is -0.761. The Morgan fingerprint density at radius 1 is 1.45 bits per heavy atom. The smallest absolute Gasteiger partial charge is 0.204 e. The summed E-state index contributed by atoms with van der Waals surface area (Å²) in [5.74, 6) is 0. The third kappa shape index (κ3) is 3.89. The van der Waals surface area contributed by atoms with Gasteiger partial charge in [0, 0.05) is 0 Å². The quantitative estimate of drug-likeness (QED) is 0.325. The van der Waals surface area contributed by atoms with Gasteiger partial charge in [0.2, 0.25) is 6.67 Å². The zero-order valence-corrected chi connectivity index (χ0v) is 5.89. The molecule has 0 saturated carbocycles. The maximum absolute atomic E-state index is 10.0. The molecule has 0 aromatic heterocycles. The van der Waals surface area contributed by atoms with Crippen molar-refractivity contribution in [2.75, 3.05) is 13.2 Å². The molecule has 0 heterocycles. The predicted molar refractivity (Wildman–Crippen MR) is 34.4 cm³/mol. The standard InChI is InChI=1S/C3H8N4O4/c1-2-5(7(10)11)3-4-6(8)9/h4H,2-3H2,1H3. The summed E-state index contributed by atoms with van der Waals surface area (Å²) < 4.78 is 0. The van der Waals surface area contributed by atoms with E-state index in [4.69, 9.17) is 0 Å². The highest BCUT2D eigenvalue weighted by Crippen LogP contribution is 1.83. The third-order valence-electron chi connectivity index (χ3n) is 0.978. The summed E-state index contributed by atoms with van der Waals surface area (Å²) in [4.78, 5) is 19.7. The normalized spacial score (nSPS) is 8.82. The van der Waals surface area contributed by atoms with Crippen LogP contribution in [0.25, 0.3) is 0 Å². The van der Waals surface area contributed by atoms with E-state index in [9.17, 15) is 20.2 Å². The van der Waals surface area contributed by atoms with Gasteiger partial charge in [-0.1, -0.05) is 0 Å². The van der Waals surface area contributed by atoms with Crippen LogP contribution in [0.4, 0.5) is 0 Å². The zero-order chi connectivity index (χ0) is 8.85. The molecular weight excluding hydrogens is 156 g/mol. The van der Waals surface area contributed by atoms with Crippen molar-refractivity contribution in [1.82, 2.24) is 10.4 Å². The molecule has 8 heteroatoms. The lowest BCUT2D eigenvalue weighted by atomic mass is 10.7. The fourth-order valence-electron chi connectivity index (χ4n) is 0.424. The molecule has 8 nitrogen and oxygen atoms in total. The molecule has 0 aliphatic carbocycles. The lowest BCUT2D eigenvalue weighted by molar-refractivity contribution is -0.670. The summed E-state index contributed by atoms with van der Waals surface area (Å²) >= 11 is 0. The first-order valence-corrected chi connectivity index (χ1v) is 2.85. The summed E-state index contributed by atoms with van der Waals surface area (Å²) in [6, 6.07) is 0. The second-order valence-electron chi connectivity index (χ2n) is 1.63. The maximum Gasteiger partial charge on any atom is 0.204 e. The SMILES string of the molecule is CCN(CN[N+](=O)[O-])[N+](=O)[O-]. The highest BCUT2D eigenvalue weighted by molar-refractivity contribution is 4.30. The minimum atomic E-state index is -0.827. The van der Waals surface area contributed by atoms with Gasteiger partial charge in [0.05, 0.1) is 6.54 Å². The van der Waals surface area contributed by atoms with E-state index in [1.807, 2.05) is 0 Å². The Kier molecular flexibility index (Phi) is 3.63. The molecule has 0 fully saturated rings. The minimum absolute atomic E-state index is 0.119. The van der Waals surface area contributed by atoms with Crippen molar-refractivity contribution in [2.45, 2.75) is 6.92 Å². The number of nitrogens with zero attached hydrogens (tertiary/aromatic N) is 3. The second kappa shape index (κ2) is 4.25. The van der Waals surface area contributed by atoms with E-state index in [1.165, 1.54) is 6.92 Å². The van der Waals surface area contributed by atoms with Gasteiger partial charge >= 0.3 is 0 Å². The van der Waals surface area contributed by atoms with Gasteiger partial charge in [-0.15, -0.1) is 10.4 Å². The van der Waals surface area contributed by atoms with Gasteiger partial charge in [0.25, 0.3) is 0 Å². The molecule has 0 rings (SSSR count). The van der Waals surface area contributed by atoms with Crippen LogP contribution in [0.1, 0.15) is 6.92 Å². The molecule has 0 aliphatic heterocycles. The molecule has 0 saturated heterocycles. The summed E-state index contributed by atoms with van der Waals surface area (Å²) in [6.07, 6.45) is 0. The van der Waals surface area contributed by atoms with Crippen LogP contribution in [0.3, 0.4) is 0 Å². The van der Waals surface area contributed by atoms with Crippen LogP contribution in [0, 0.1) is 20.2 Å². The zero-order valence-electron chi connectivity index (χ0n) is 5.89. The van der Waals surface area contributed by atoms with E-state index >= 15 is 0 Å². The lowest BCUT2D eigenvalue weighted by Crippen LogP contribution is -2.40. The van der Waals surface area contributed by atoms with Gasteiger partial charge in [-0.05, 0) is 6.92 Å². The minimum Gasteiger partial charge on any atom is -0.235 e. The Morgan fingerprint density at radius 3 is 2.27 bits per heavy atom. The van der Waals surface area contributed by atoms with E-state index in [1.54, 1.807) is 5.43 Å². The number of rotatable bonds is 5. The summed E-state index contributed by atoms with van der Waals surface area (Å²) in [5, 5.41) is 18.9. The van der Waals surface area contributed by atoms with Crippen molar-refractivity contribution < 1.29 is 10.1 Å². The van der Waals surface area contributed by atoms with Gasteiger partial charge < -0.3 is 0 Å². The molecule has 0 aliphatic rings. The first-order valence-electron chi connectivity index (χ1n) is 2.85. The summed E-state index contributed by atoms with van der Waals surface area (Å²) in [7, 11) is 0. The Hall–Kier alpha value is -1.60. The van der Waals surface area contributed by atoms with Crippen LogP contribution < -0.4 is 5.43 Å². The number of hydrazine groups is 2. The van der Waals surface area contributed by atoms with Crippen LogP contribution in [-0.4, -0.2) is 28.3 Å². The first kappa shape index (κ1) is 9.40. The van der Waals surface area contributed by atoms with Gasteiger partial charge in [-0.2, -0.15) is 0 Å². The molecule has 0 amide bonds. The van der Waals surface area contributed by atoms with Crippen molar-refractivity contribution in [3.8, 4) is 0 Å². The Balaban J connectivity index is 3.70. The van der Waals surface area contributed by atoms with E-state index < -0.39 is 16.7 Å². The van der Waals surface area contributed by atoms with E-state index in [0.717, 1.165) is 0 Å². The van der Waals surface area contributed by atoms with Crippen LogP contribution in [-0.2, 0) is 0 Å². The van der Waals surface area contributed by atoms with E-state index in [-0.39, 0.29) is 6.54 Å². The fraction of sp³-hybridized carbons (Fsp3) is 1.00. The summed E-state index contributed by atoms with van der Waals surface area (Å²) in [6.45, 7) is 1.26. The third-order valence-corrected chi connectivity index (χ3v) is 0.978. The Labute approximate surface area is 62.0 Å². The number of hydrogen-bond acceptors (Lipinski definition) is 4. The lowest BCUT2D eigenvalue weighted by Gasteiger charge is -2.08. The highest BCUT2D eigenvalue weighted by Gasteiger charge is 2.12. The van der Waals surface area contributed by atoms with Crippen molar-refractivity contribution in [1.29, 1.82) is 0 Å².